The number of hydrogen-bond acceptors (Lipinski definition) is 9. The van der Waals surface area contributed by atoms with Gasteiger partial charge in [-0.3, -0.25) is 0 Å². The number of carbonyl (C=O) groups is 2. The Kier molecular flexibility index (Phi) is 20.1. The van der Waals surface area contributed by atoms with E-state index in [0.717, 1.165) is 157 Å². The maximum absolute atomic E-state index is 12.4. The van der Waals surface area contributed by atoms with E-state index in [-0.39, 0.29) is 25.4 Å². The molecule has 0 bridgehead atoms. The molecule has 12 nitrogen and oxygen atoms in total. The molecule has 4 saturated heterocycles. The highest BCUT2D eigenvalue weighted by atomic mass is 32.2. The highest BCUT2D eigenvalue weighted by Crippen LogP contribution is 2.50. The third kappa shape index (κ3) is 15.7. The fourth-order valence-corrected chi connectivity index (χ4v) is 11.7. The van der Waals surface area contributed by atoms with Crippen LogP contribution in [0.25, 0.3) is 0 Å². The van der Waals surface area contributed by atoms with Crippen LogP contribution in [-0.2, 0) is 42.2 Å². The molecule has 0 aromatic heterocycles. The van der Waals surface area contributed by atoms with Gasteiger partial charge in [-0.05, 0) is 156 Å². The molecule has 4 heterocycles. The molecular weight excluding hydrogens is 829 g/mol. The van der Waals surface area contributed by atoms with Crippen LogP contribution in [0.2, 0.25) is 0 Å². The fourth-order valence-electron chi connectivity index (χ4n) is 10.6. The quantitative estimate of drug-likeness (QED) is 0.146. The summed E-state index contributed by atoms with van der Waals surface area (Å²) >= 11 is 0. The van der Waals surface area contributed by atoms with Crippen molar-refractivity contribution in [2.45, 2.75) is 105 Å². The molecule has 4 aliphatic heterocycles. The molecule has 2 saturated carbocycles. The summed E-state index contributed by atoms with van der Waals surface area (Å²) in [5.41, 5.74) is 2.06. The average Bonchev–Trinajstić information content (AvgIpc) is 4.28. The van der Waals surface area contributed by atoms with Crippen LogP contribution >= 0.6 is 0 Å². The van der Waals surface area contributed by atoms with Crippen LogP contribution in [0.4, 0.5) is 9.59 Å². The van der Waals surface area contributed by atoms with E-state index in [1.165, 1.54) is 32.1 Å². The molecule has 0 spiro atoms. The molecule has 2 aliphatic carbocycles. The standard InChI is InChI=1S/C26H40N2O5S.C24H36N2O3.CH4/c1-2-34(30,31)28-15-8-22(9-16-28)19-32-17-12-24-18-25(24)23-10-13-27(14-11-23)26(29)33-20-21-6-4-3-5-7-21;27-24(29-18-19-4-2-1-3-5-19)26-13-8-21(9-14-26)23-16-22(23)10-15-28-17-20-6-11-25-12-7-20;/h3-7,22-25H,2,8-20H2,1H3;1-5,20-23,25H,6-18H2;1H4/t24-,25-;22-,23-;/m11./s1. The molecule has 64 heavy (non-hydrogen) atoms. The number of nitrogens with one attached hydrogen (secondary N) is 1. The Morgan fingerprint density at radius 1 is 0.609 bits per heavy atom. The summed E-state index contributed by atoms with van der Waals surface area (Å²) in [4.78, 5) is 28.4. The van der Waals surface area contributed by atoms with Crippen molar-refractivity contribution in [2.75, 3.05) is 84.5 Å². The lowest BCUT2D eigenvalue weighted by molar-refractivity contribution is 0.0717. The number of rotatable bonds is 18. The first-order valence-corrected chi connectivity index (χ1v) is 26.1. The van der Waals surface area contributed by atoms with Gasteiger partial charge in [0.15, 0.2) is 0 Å². The van der Waals surface area contributed by atoms with Crippen LogP contribution in [0, 0.1) is 47.3 Å². The van der Waals surface area contributed by atoms with Gasteiger partial charge in [-0.15, -0.1) is 0 Å². The van der Waals surface area contributed by atoms with E-state index in [1.54, 1.807) is 11.2 Å². The zero-order chi connectivity index (χ0) is 43.9. The Balaban J connectivity index is 0.000000212. The number of hydrogen-bond donors (Lipinski definition) is 1. The average molecular weight is 909 g/mol. The van der Waals surface area contributed by atoms with E-state index in [2.05, 4.69) is 5.32 Å². The summed E-state index contributed by atoms with van der Waals surface area (Å²) in [5.74, 6) is 6.18. The Morgan fingerprint density at radius 2 is 1.03 bits per heavy atom. The number of carbonyl (C=O) groups excluding carboxylic acids is 2. The summed E-state index contributed by atoms with van der Waals surface area (Å²) in [6.07, 6.45) is 13.3. The van der Waals surface area contributed by atoms with E-state index >= 15 is 0 Å². The van der Waals surface area contributed by atoms with Crippen molar-refractivity contribution in [2.24, 2.45) is 47.3 Å². The molecule has 1 N–H and O–H groups in total. The second kappa shape index (κ2) is 25.6. The van der Waals surface area contributed by atoms with Crippen molar-refractivity contribution in [1.29, 1.82) is 0 Å². The maximum atomic E-state index is 12.4. The predicted octanol–water partition coefficient (Wildman–Crippen LogP) is 8.85. The number of benzene rings is 2. The summed E-state index contributed by atoms with van der Waals surface area (Å²) < 4.78 is 48.5. The molecule has 6 fully saturated rings. The van der Waals surface area contributed by atoms with Crippen molar-refractivity contribution in [1.82, 2.24) is 19.4 Å². The third-order valence-corrected chi connectivity index (χ3v) is 16.8. The van der Waals surface area contributed by atoms with Crippen LogP contribution in [0.15, 0.2) is 60.7 Å². The molecule has 0 radical (unpaired) electrons. The first-order chi connectivity index (χ1) is 30.8. The van der Waals surface area contributed by atoms with Crippen molar-refractivity contribution in [3.63, 3.8) is 0 Å². The minimum Gasteiger partial charge on any atom is -0.445 e. The number of likely N-dealkylation sites (tertiary alicyclic amines) is 2. The topological polar surface area (TPSA) is 127 Å². The summed E-state index contributed by atoms with van der Waals surface area (Å²) in [5, 5.41) is 3.41. The van der Waals surface area contributed by atoms with Crippen molar-refractivity contribution in [3.05, 3.63) is 71.8 Å². The minimum atomic E-state index is -3.05. The lowest BCUT2D eigenvalue weighted by atomic mass is 9.91. The van der Waals surface area contributed by atoms with Crippen LogP contribution in [-0.4, -0.2) is 119 Å². The number of piperidine rings is 4. The SMILES string of the molecule is C.CCS(=O)(=O)N1CCC(COCC[C@@H]2C[C@@H]2C2CCN(C(=O)OCc3ccccc3)CC2)CC1.O=C(OCc1ccccc1)N1CCC([C@H]2C[C@H]2CCOCC2CCNCC2)CC1. The Morgan fingerprint density at radius 3 is 1.45 bits per heavy atom. The van der Waals surface area contributed by atoms with Crippen LogP contribution in [0.1, 0.15) is 103 Å². The van der Waals surface area contributed by atoms with Gasteiger partial charge in [0, 0.05) is 65.7 Å². The Labute approximate surface area is 385 Å². The predicted molar refractivity (Wildman–Crippen MR) is 252 cm³/mol. The highest BCUT2D eigenvalue weighted by Gasteiger charge is 2.44. The molecule has 13 heteroatoms. The molecule has 4 atom stereocenters. The van der Waals surface area contributed by atoms with Gasteiger partial charge < -0.3 is 34.1 Å². The summed E-state index contributed by atoms with van der Waals surface area (Å²) in [6.45, 7) is 12.7. The van der Waals surface area contributed by atoms with Crippen molar-refractivity contribution < 1.29 is 37.0 Å². The van der Waals surface area contributed by atoms with Gasteiger partial charge >= 0.3 is 12.2 Å². The zero-order valence-electron chi connectivity index (χ0n) is 38.0. The lowest BCUT2D eigenvalue weighted by Crippen LogP contribution is -2.40. The molecule has 358 valence electrons. The third-order valence-electron chi connectivity index (χ3n) is 14.9. The van der Waals surface area contributed by atoms with Crippen molar-refractivity contribution >= 4 is 22.2 Å². The Hall–Kier alpha value is -3.23. The normalized spacial score (nSPS) is 24.8. The fraction of sp³-hybridized carbons (Fsp3) is 0.725. The number of nitrogens with zero attached hydrogens (tertiary/aromatic N) is 3. The van der Waals surface area contributed by atoms with Crippen LogP contribution in [0.3, 0.4) is 0 Å². The molecule has 6 aliphatic rings. The van der Waals surface area contributed by atoms with Gasteiger partial charge in [-0.2, -0.15) is 0 Å². The van der Waals surface area contributed by atoms with Crippen LogP contribution < -0.4 is 5.32 Å². The summed E-state index contributed by atoms with van der Waals surface area (Å²) in [6, 6.07) is 19.7. The van der Waals surface area contributed by atoms with Gasteiger partial charge in [0.05, 0.1) is 5.75 Å². The monoisotopic (exact) mass is 909 g/mol. The molecule has 2 amide bonds. The van der Waals surface area contributed by atoms with Crippen molar-refractivity contribution in [3.8, 4) is 0 Å². The largest absolute Gasteiger partial charge is 0.445 e. The van der Waals surface area contributed by atoms with Gasteiger partial charge in [-0.25, -0.2) is 22.3 Å². The van der Waals surface area contributed by atoms with E-state index in [0.29, 0.717) is 38.1 Å². The lowest BCUT2D eigenvalue weighted by Gasteiger charge is -2.31. The molecule has 8 rings (SSSR count). The van der Waals surface area contributed by atoms with Gasteiger partial charge in [0.1, 0.15) is 13.2 Å². The molecule has 2 aromatic carbocycles. The number of ether oxygens (including phenoxy) is 4. The maximum Gasteiger partial charge on any atom is 0.410 e. The second-order valence-corrected chi connectivity index (χ2v) is 21.5. The molecular formula is C51H80N4O8S. The van der Waals surface area contributed by atoms with E-state index in [4.69, 9.17) is 18.9 Å². The van der Waals surface area contributed by atoms with Gasteiger partial charge in [0.2, 0.25) is 10.0 Å². The van der Waals surface area contributed by atoms with E-state index in [1.807, 2.05) is 70.5 Å². The second-order valence-electron chi connectivity index (χ2n) is 19.2. The van der Waals surface area contributed by atoms with Gasteiger partial charge in [0.25, 0.3) is 0 Å². The highest BCUT2D eigenvalue weighted by molar-refractivity contribution is 7.89. The first kappa shape index (κ1) is 50.2. The number of amides is 2. The van der Waals surface area contributed by atoms with E-state index in [9.17, 15) is 18.0 Å². The smallest absolute Gasteiger partial charge is 0.410 e. The van der Waals surface area contributed by atoms with Crippen LogP contribution in [0.5, 0.6) is 0 Å². The summed E-state index contributed by atoms with van der Waals surface area (Å²) in [7, 11) is -3.05. The first-order valence-electron chi connectivity index (χ1n) is 24.5. The molecule has 0 unspecified atom stereocenters. The number of sulfonamides is 1. The van der Waals surface area contributed by atoms with Gasteiger partial charge in [-0.1, -0.05) is 68.1 Å². The zero-order valence-corrected chi connectivity index (χ0v) is 38.8. The van der Waals surface area contributed by atoms with E-state index < -0.39 is 10.0 Å². The minimum absolute atomic E-state index is 0. The molecule has 2 aromatic rings. The Bertz CT molecular complexity index is 1760.